The summed E-state index contributed by atoms with van der Waals surface area (Å²) in [6, 6.07) is 12.3. The third kappa shape index (κ3) is 6.35. The topological polar surface area (TPSA) is 71.0 Å². The van der Waals surface area contributed by atoms with E-state index >= 15 is 0 Å². The Kier molecular flexibility index (Phi) is 7.90. The molecule has 0 spiro atoms. The monoisotopic (exact) mass is 411 g/mol. The zero-order valence-corrected chi connectivity index (χ0v) is 18.4. The van der Waals surface area contributed by atoms with Crippen LogP contribution in [0.2, 0.25) is 0 Å². The zero-order valence-electron chi connectivity index (χ0n) is 18.4. The summed E-state index contributed by atoms with van der Waals surface area (Å²) >= 11 is 0. The van der Waals surface area contributed by atoms with Crippen molar-refractivity contribution in [2.45, 2.75) is 39.0 Å². The lowest BCUT2D eigenvalue weighted by Gasteiger charge is -2.17. The van der Waals surface area contributed by atoms with Gasteiger partial charge in [0.25, 0.3) is 0 Å². The highest BCUT2D eigenvalue weighted by Crippen LogP contribution is 2.22. The zero-order chi connectivity index (χ0) is 21.3. The van der Waals surface area contributed by atoms with Crippen LogP contribution in [-0.4, -0.2) is 51.4 Å². The molecule has 7 nitrogen and oxygen atoms in total. The van der Waals surface area contributed by atoms with E-state index in [1.807, 2.05) is 37.2 Å². The van der Waals surface area contributed by atoms with Gasteiger partial charge < -0.3 is 25.0 Å². The first-order valence-corrected chi connectivity index (χ1v) is 10.5. The SMILES string of the molecule is CN=C(NCc1cccc(N(C)C)n1)NCc1ccc(C)cc1OCC1CCCO1. The Morgan fingerprint density at radius 3 is 2.80 bits per heavy atom. The van der Waals surface area contributed by atoms with E-state index in [0.717, 1.165) is 48.2 Å². The normalized spacial score (nSPS) is 16.4. The number of rotatable bonds is 8. The van der Waals surface area contributed by atoms with E-state index in [1.54, 1.807) is 7.05 Å². The van der Waals surface area contributed by atoms with Gasteiger partial charge in [-0.25, -0.2) is 4.98 Å². The standard InChI is InChI=1S/C23H33N5O2/c1-17-10-11-18(21(13-17)30-16-20-8-6-12-29-20)14-25-23(24-2)26-15-19-7-5-9-22(27-19)28(3)4/h5,7,9-11,13,20H,6,8,12,14-16H2,1-4H3,(H2,24,25,26). The Hall–Kier alpha value is -2.80. The fourth-order valence-corrected chi connectivity index (χ4v) is 3.29. The lowest BCUT2D eigenvalue weighted by Crippen LogP contribution is -2.36. The van der Waals surface area contributed by atoms with Gasteiger partial charge in [0.15, 0.2) is 5.96 Å². The molecule has 2 N–H and O–H groups in total. The van der Waals surface area contributed by atoms with E-state index in [9.17, 15) is 0 Å². The van der Waals surface area contributed by atoms with Crippen LogP contribution in [0.15, 0.2) is 41.4 Å². The first-order valence-electron chi connectivity index (χ1n) is 10.5. The largest absolute Gasteiger partial charge is 0.491 e. The maximum Gasteiger partial charge on any atom is 0.191 e. The number of nitrogens with zero attached hydrogens (tertiary/aromatic N) is 3. The quantitative estimate of drug-likeness (QED) is 0.514. The van der Waals surface area contributed by atoms with Crippen molar-refractivity contribution in [3.05, 3.63) is 53.2 Å². The Bertz CT molecular complexity index is 847. The molecule has 0 bridgehead atoms. The fourth-order valence-electron chi connectivity index (χ4n) is 3.29. The van der Waals surface area contributed by atoms with Crippen molar-refractivity contribution in [1.29, 1.82) is 0 Å². The molecule has 1 aromatic carbocycles. The molecule has 162 valence electrons. The molecule has 7 heteroatoms. The highest BCUT2D eigenvalue weighted by Gasteiger charge is 2.17. The molecule has 1 aliphatic heterocycles. The molecule has 1 unspecified atom stereocenters. The van der Waals surface area contributed by atoms with Gasteiger partial charge in [-0.2, -0.15) is 0 Å². The fraction of sp³-hybridized carbons (Fsp3) is 0.478. The summed E-state index contributed by atoms with van der Waals surface area (Å²) in [4.78, 5) is 11.0. The molecule has 0 aliphatic carbocycles. The van der Waals surface area contributed by atoms with E-state index in [0.29, 0.717) is 19.7 Å². The van der Waals surface area contributed by atoms with Gasteiger partial charge in [-0.3, -0.25) is 4.99 Å². The molecule has 1 aromatic heterocycles. The van der Waals surface area contributed by atoms with Gasteiger partial charge in [-0.05, 0) is 43.5 Å². The molecule has 0 amide bonds. The van der Waals surface area contributed by atoms with Crippen molar-refractivity contribution in [1.82, 2.24) is 15.6 Å². The number of ether oxygens (including phenoxy) is 2. The van der Waals surface area contributed by atoms with Gasteiger partial charge in [0, 0.05) is 39.9 Å². The number of aromatic nitrogens is 1. The average Bonchev–Trinajstić information content (AvgIpc) is 3.27. The van der Waals surface area contributed by atoms with Crippen LogP contribution < -0.4 is 20.3 Å². The number of aliphatic imine (C=N–C) groups is 1. The lowest BCUT2D eigenvalue weighted by molar-refractivity contribution is 0.0676. The second-order valence-corrected chi connectivity index (χ2v) is 7.72. The molecule has 1 aliphatic rings. The molecule has 2 heterocycles. The van der Waals surface area contributed by atoms with Crippen LogP contribution >= 0.6 is 0 Å². The molecule has 1 atom stereocenters. The molecule has 2 aromatic rings. The van der Waals surface area contributed by atoms with Gasteiger partial charge >= 0.3 is 0 Å². The number of guanidine groups is 1. The predicted octanol–water partition coefficient (Wildman–Crippen LogP) is 2.88. The van der Waals surface area contributed by atoms with Gasteiger partial charge in [-0.15, -0.1) is 0 Å². The average molecular weight is 412 g/mol. The number of hydrogen-bond donors (Lipinski definition) is 2. The van der Waals surface area contributed by atoms with E-state index in [-0.39, 0.29) is 6.10 Å². The van der Waals surface area contributed by atoms with Crippen LogP contribution in [0.4, 0.5) is 5.82 Å². The summed E-state index contributed by atoms with van der Waals surface area (Å²) in [7, 11) is 5.74. The maximum absolute atomic E-state index is 6.09. The Balaban J connectivity index is 1.55. The summed E-state index contributed by atoms with van der Waals surface area (Å²) in [5.74, 6) is 2.55. The molecule has 1 saturated heterocycles. The third-order valence-corrected chi connectivity index (χ3v) is 5.03. The molecular weight excluding hydrogens is 378 g/mol. The van der Waals surface area contributed by atoms with Crippen molar-refractivity contribution in [3.8, 4) is 5.75 Å². The summed E-state index contributed by atoms with van der Waals surface area (Å²) in [6.07, 6.45) is 2.38. The van der Waals surface area contributed by atoms with Crippen LogP contribution in [0.25, 0.3) is 0 Å². The van der Waals surface area contributed by atoms with Gasteiger partial charge in [-0.1, -0.05) is 18.2 Å². The lowest BCUT2D eigenvalue weighted by atomic mass is 10.1. The van der Waals surface area contributed by atoms with Crippen molar-refractivity contribution in [2.24, 2.45) is 4.99 Å². The third-order valence-electron chi connectivity index (χ3n) is 5.03. The van der Waals surface area contributed by atoms with E-state index in [1.165, 1.54) is 5.56 Å². The summed E-state index contributed by atoms with van der Waals surface area (Å²) in [5, 5.41) is 6.70. The number of benzene rings is 1. The summed E-state index contributed by atoms with van der Waals surface area (Å²) < 4.78 is 11.8. The van der Waals surface area contributed by atoms with Crippen LogP contribution in [0.1, 0.15) is 29.7 Å². The van der Waals surface area contributed by atoms with Crippen molar-refractivity contribution >= 4 is 11.8 Å². The smallest absolute Gasteiger partial charge is 0.191 e. The summed E-state index contributed by atoms with van der Waals surface area (Å²) in [5.41, 5.74) is 3.23. The number of aryl methyl sites for hydroxylation is 1. The van der Waals surface area contributed by atoms with E-state index in [2.05, 4.69) is 45.7 Å². The number of nitrogens with one attached hydrogen (secondary N) is 2. The molecule has 0 saturated carbocycles. The van der Waals surface area contributed by atoms with E-state index in [4.69, 9.17) is 9.47 Å². The second-order valence-electron chi connectivity index (χ2n) is 7.72. The Morgan fingerprint density at radius 2 is 2.07 bits per heavy atom. The predicted molar refractivity (Wildman–Crippen MR) is 121 cm³/mol. The molecule has 3 rings (SSSR count). The summed E-state index contributed by atoms with van der Waals surface area (Å²) in [6.45, 7) is 4.72. The number of anilines is 1. The van der Waals surface area contributed by atoms with Crippen LogP contribution in [0, 0.1) is 6.92 Å². The minimum absolute atomic E-state index is 0.200. The minimum atomic E-state index is 0.200. The molecule has 30 heavy (non-hydrogen) atoms. The van der Waals surface area contributed by atoms with Crippen LogP contribution in [0.3, 0.4) is 0 Å². The van der Waals surface area contributed by atoms with Crippen LogP contribution in [0.5, 0.6) is 5.75 Å². The first-order chi connectivity index (χ1) is 14.5. The van der Waals surface area contributed by atoms with Gasteiger partial charge in [0.05, 0.1) is 18.3 Å². The van der Waals surface area contributed by atoms with Gasteiger partial charge in [0.1, 0.15) is 18.2 Å². The van der Waals surface area contributed by atoms with Crippen molar-refractivity contribution in [2.75, 3.05) is 39.3 Å². The molecule has 0 radical (unpaired) electrons. The first kappa shape index (κ1) is 21.9. The molecular formula is C23H33N5O2. The number of hydrogen-bond acceptors (Lipinski definition) is 5. The maximum atomic E-state index is 6.09. The van der Waals surface area contributed by atoms with Crippen LogP contribution in [-0.2, 0) is 17.8 Å². The number of pyridine rings is 1. The molecule has 1 fully saturated rings. The highest BCUT2D eigenvalue weighted by atomic mass is 16.5. The van der Waals surface area contributed by atoms with Crippen molar-refractivity contribution < 1.29 is 9.47 Å². The Morgan fingerprint density at radius 1 is 1.23 bits per heavy atom. The van der Waals surface area contributed by atoms with Crippen molar-refractivity contribution in [3.63, 3.8) is 0 Å². The van der Waals surface area contributed by atoms with Gasteiger partial charge in [0.2, 0.25) is 0 Å². The van der Waals surface area contributed by atoms with E-state index < -0.39 is 0 Å². The highest BCUT2D eigenvalue weighted by molar-refractivity contribution is 5.79. The Labute approximate surface area is 179 Å². The minimum Gasteiger partial charge on any atom is -0.491 e. The second kappa shape index (κ2) is 10.8.